The van der Waals surface area contributed by atoms with Gasteiger partial charge in [-0.1, -0.05) is 6.42 Å². The Kier molecular flexibility index (Phi) is 5.95. The van der Waals surface area contributed by atoms with Gasteiger partial charge >= 0.3 is 6.18 Å². The maximum absolute atomic E-state index is 12.5. The SMILES string of the molecule is CC(O)(CC1CC2CCC1C2)C(F)(F)F.CO[Si](C)(C)C. The van der Waals surface area contributed by atoms with Crippen LogP contribution in [0.4, 0.5) is 13.2 Å². The third-order valence-electron chi connectivity index (χ3n) is 4.77. The topological polar surface area (TPSA) is 29.5 Å². The lowest BCUT2D eigenvalue weighted by atomic mass is 9.81. The molecule has 4 atom stereocenters. The van der Waals surface area contributed by atoms with Crippen LogP contribution in [-0.2, 0) is 4.43 Å². The van der Waals surface area contributed by atoms with Crippen molar-refractivity contribution in [1.29, 1.82) is 0 Å². The average Bonchev–Trinajstić information content (AvgIpc) is 2.88. The summed E-state index contributed by atoms with van der Waals surface area (Å²) in [5.41, 5.74) is -2.50. The predicted octanol–water partition coefficient (Wildman–Crippen LogP) is 4.59. The summed E-state index contributed by atoms with van der Waals surface area (Å²) in [5, 5.41) is 9.41. The van der Waals surface area contributed by atoms with Crippen molar-refractivity contribution in [3.8, 4) is 0 Å². The summed E-state index contributed by atoms with van der Waals surface area (Å²) in [4.78, 5) is 0. The molecule has 2 aliphatic rings. The van der Waals surface area contributed by atoms with Gasteiger partial charge in [-0.2, -0.15) is 13.2 Å². The maximum Gasteiger partial charge on any atom is 0.416 e. The number of halogens is 3. The van der Waals surface area contributed by atoms with E-state index in [-0.39, 0.29) is 12.3 Å². The molecule has 4 unspecified atom stereocenters. The molecule has 0 aliphatic heterocycles. The normalized spacial score (nSPS) is 31.6. The molecule has 2 bridgehead atoms. The van der Waals surface area contributed by atoms with Crippen LogP contribution in [0.3, 0.4) is 0 Å². The lowest BCUT2D eigenvalue weighted by molar-refractivity contribution is -0.259. The molecule has 21 heavy (non-hydrogen) atoms. The second kappa shape index (κ2) is 6.58. The zero-order valence-electron chi connectivity index (χ0n) is 13.8. The van der Waals surface area contributed by atoms with E-state index in [1.165, 1.54) is 6.42 Å². The average molecular weight is 326 g/mol. The molecule has 2 rings (SSSR count). The van der Waals surface area contributed by atoms with Crippen LogP contribution in [0.2, 0.25) is 19.6 Å². The van der Waals surface area contributed by atoms with Gasteiger partial charge in [-0.15, -0.1) is 0 Å². The second-order valence-corrected chi connectivity index (χ2v) is 12.4. The fourth-order valence-electron chi connectivity index (χ4n) is 3.25. The molecule has 0 heterocycles. The van der Waals surface area contributed by atoms with E-state index in [2.05, 4.69) is 19.6 Å². The van der Waals surface area contributed by atoms with Gasteiger partial charge in [0.2, 0.25) is 0 Å². The fourth-order valence-corrected chi connectivity index (χ4v) is 3.25. The van der Waals surface area contributed by atoms with Gasteiger partial charge in [0.1, 0.15) is 0 Å². The Hall–Kier alpha value is -0.0731. The Morgan fingerprint density at radius 2 is 1.67 bits per heavy atom. The van der Waals surface area contributed by atoms with E-state index in [0.29, 0.717) is 11.8 Å². The summed E-state index contributed by atoms with van der Waals surface area (Å²) in [6.45, 7) is 7.38. The Morgan fingerprint density at radius 3 is 1.95 bits per heavy atom. The third-order valence-corrected chi connectivity index (χ3v) is 5.99. The first-order chi connectivity index (χ1) is 9.36. The van der Waals surface area contributed by atoms with Crippen LogP contribution in [0.15, 0.2) is 0 Å². The van der Waals surface area contributed by atoms with Gasteiger partial charge < -0.3 is 9.53 Å². The van der Waals surface area contributed by atoms with Crippen LogP contribution >= 0.6 is 0 Å². The summed E-state index contributed by atoms with van der Waals surface area (Å²) in [5.74, 6) is 1.15. The van der Waals surface area contributed by atoms with E-state index in [1.807, 2.05) is 0 Å². The Balaban J connectivity index is 0.000000315. The number of rotatable bonds is 3. The van der Waals surface area contributed by atoms with Crippen molar-refractivity contribution in [3.63, 3.8) is 0 Å². The van der Waals surface area contributed by atoms with Crippen molar-refractivity contribution in [3.05, 3.63) is 0 Å². The van der Waals surface area contributed by atoms with Crippen molar-refractivity contribution >= 4 is 8.32 Å². The zero-order chi connectivity index (χ0) is 16.5. The van der Waals surface area contributed by atoms with Crippen molar-refractivity contribution in [1.82, 2.24) is 0 Å². The molecular formula is C15H29F3O2Si. The molecule has 126 valence electrons. The quantitative estimate of drug-likeness (QED) is 0.768. The summed E-state index contributed by atoms with van der Waals surface area (Å²) in [6, 6.07) is 0. The summed E-state index contributed by atoms with van der Waals surface area (Å²) in [7, 11) is 0.639. The summed E-state index contributed by atoms with van der Waals surface area (Å²) in [6.07, 6.45) is -0.402. The van der Waals surface area contributed by atoms with Crippen molar-refractivity contribution in [2.45, 2.75) is 70.4 Å². The molecule has 0 aromatic heterocycles. The van der Waals surface area contributed by atoms with Crippen molar-refractivity contribution in [2.24, 2.45) is 17.8 Å². The van der Waals surface area contributed by atoms with Crippen molar-refractivity contribution < 1.29 is 22.7 Å². The minimum absolute atomic E-state index is 0.0837. The molecule has 2 fully saturated rings. The van der Waals surface area contributed by atoms with Crippen LogP contribution in [0.25, 0.3) is 0 Å². The van der Waals surface area contributed by atoms with E-state index in [4.69, 9.17) is 4.43 Å². The van der Waals surface area contributed by atoms with E-state index in [0.717, 1.165) is 26.2 Å². The first-order valence-electron chi connectivity index (χ1n) is 7.70. The molecule has 0 amide bonds. The van der Waals surface area contributed by atoms with E-state index in [9.17, 15) is 18.3 Å². The first-order valence-corrected chi connectivity index (χ1v) is 11.1. The molecule has 6 heteroatoms. The van der Waals surface area contributed by atoms with Crippen LogP contribution in [0.1, 0.15) is 39.0 Å². The first kappa shape index (κ1) is 19.0. The number of hydrogen-bond acceptors (Lipinski definition) is 2. The van der Waals surface area contributed by atoms with Gasteiger partial charge in [0.05, 0.1) is 0 Å². The highest BCUT2D eigenvalue weighted by molar-refractivity contribution is 6.69. The van der Waals surface area contributed by atoms with E-state index in [1.54, 1.807) is 7.11 Å². The third kappa shape index (κ3) is 5.56. The van der Waals surface area contributed by atoms with Crippen LogP contribution in [0.5, 0.6) is 0 Å². The molecule has 2 aliphatic carbocycles. The second-order valence-electron chi connectivity index (χ2n) is 7.73. The number of alkyl halides is 3. The standard InChI is InChI=1S/C11H17F3O.C4H12OSi/c1-10(15,11(12,13)14)6-9-5-7-2-3-8(9)4-7;1-5-6(2,3)4/h7-9,15H,2-6H2,1H3;1-4H3. The van der Waals surface area contributed by atoms with Gasteiger partial charge in [-0.3, -0.25) is 0 Å². The largest absolute Gasteiger partial charge is 0.421 e. The van der Waals surface area contributed by atoms with Gasteiger partial charge in [-0.25, -0.2) is 0 Å². The predicted molar refractivity (Wildman–Crippen MR) is 80.6 cm³/mol. The fraction of sp³-hybridized carbons (Fsp3) is 1.00. The van der Waals surface area contributed by atoms with Crippen LogP contribution in [-0.4, -0.2) is 32.3 Å². The number of aliphatic hydroxyl groups is 1. The smallest absolute Gasteiger partial charge is 0.416 e. The van der Waals surface area contributed by atoms with Gasteiger partial charge in [0, 0.05) is 7.11 Å². The molecule has 0 aromatic carbocycles. The van der Waals surface area contributed by atoms with Crippen molar-refractivity contribution in [2.75, 3.05) is 7.11 Å². The molecule has 2 saturated carbocycles. The Labute approximate surface area is 127 Å². The van der Waals surface area contributed by atoms with E-state index < -0.39 is 20.1 Å². The van der Waals surface area contributed by atoms with Gasteiger partial charge in [0.15, 0.2) is 13.9 Å². The minimum Gasteiger partial charge on any atom is -0.421 e. The number of fused-ring (bicyclic) bond motifs is 2. The molecule has 0 aromatic rings. The molecular weight excluding hydrogens is 297 g/mol. The Morgan fingerprint density at radius 1 is 1.14 bits per heavy atom. The monoisotopic (exact) mass is 326 g/mol. The van der Waals surface area contributed by atoms with E-state index >= 15 is 0 Å². The minimum atomic E-state index is -4.49. The highest BCUT2D eigenvalue weighted by Crippen LogP contribution is 2.52. The highest BCUT2D eigenvalue weighted by atomic mass is 28.4. The molecule has 0 saturated heterocycles. The Bertz CT molecular complexity index is 337. The number of hydrogen-bond donors (Lipinski definition) is 1. The van der Waals surface area contributed by atoms with Crippen LogP contribution < -0.4 is 0 Å². The summed E-state index contributed by atoms with van der Waals surface area (Å²) >= 11 is 0. The lowest BCUT2D eigenvalue weighted by Crippen LogP contribution is -2.44. The van der Waals surface area contributed by atoms with Crippen LogP contribution in [0, 0.1) is 17.8 Å². The zero-order valence-corrected chi connectivity index (χ0v) is 14.8. The molecule has 0 spiro atoms. The molecule has 0 radical (unpaired) electrons. The van der Waals surface area contributed by atoms with Gasteiger partial charge in [0.25, 0.3) is 0 Å². The van der Waals surface area contributed by atoms with Gasteiger partial charge in [-0.05, 0) is 70.0 Å². The summed E-state index contributed by atoms with van der Waals surface area (Å²) < 4.78 is 42.5. The molecule has 2 nitrogen and oxygen atoms in total. The highest BCUT2D eigenvalue weighted by Gasteiger charge is 2.53. The maximum atomic E-state index is 12.5. The lowest BCUT2D eigenvalue weighted by Gasteiger charge is -2.32. The molecule has 1 N–H and O–H groups in total.